The van der Waals surface area contributed by atoms with Gasteiger partial charge < -0.3 is 5.32 Å². The molecule has 1 aromatic heterocycles. The fourth-order valence-electron chi connectivity index (χ4n) is 2.58. The average molecular weight is 433 g/mol. The zero-order chi connectivity index (χ0) is 20.8. The summed E-state index contributed by atoms with van der Waals surface area (Å²) in [6.07, 6.45) is 1.87. The van der Waals surface area contributed by atoms with E-state index in [1.165, 1.54) is 12.1 Å². The Labute approximate surface area is 178 Å². The summed E-state index contributed by atoms with van der Waals surface area (Å²) in [5, 5.41) is 12.2. The average Bonchev–Trinajstić information content (AvgIpc) is 2.68. The number of nitrogens with one attached hydrogen (secondary N) is 1. The fourth-order valence-corrected chi connectivity index (χ4v) is 2.95. The van der Waals surface area contributed by atoms with Crippen LogP contribution in [0.2, 0.25) is 10.0 Å². The Hall–Kier alpha value is -2.64. The zero-order valence-electron chi connectivity index (χ0n) is 15.9. The molecule has 1 heterocycles. The molecule has 29 heavy (non-hydrogen) atoms. The van der Waals surface area contributed by atoms with E-state index >= 15 is 0 Å². The summed E-state index contributed by atoms with van der Waals surface area (Å²) in [5.41, 5.74) is 0.780. The number of halogens is 3. The summed E-state index contributed by atoms with van der Waals surface area (Å²) in [4.78, 5) is 12.8. The van der Waals surface area contributed by atoms with Crippen LogP contribution in [0.1, 0.15) is 26.7 Å². The maximum Gasteiger partial charge on any atom is 0.273 e. The van der Waals surface area contributed by atoms with E-state index < -0.39 is 5.82 Å². The first-order valence-electron chi connectivity index (χ1n) is 9.10. The Kier molecular flexibility index (Phi) is 7.06. The maximum absolute atomic E-state index is 14.4. The Bertz CT molecular complexity index is 990. The Morgan fingerprint density at radius 3 is 2.52 bits per heavy atom. The zero-order valence-corrected chi connectivity index (χ0v) is 17.4. The van der Waals surface area contributed by atoms with Gasteiger partial charge in [-0.05, 0) is 49.7 Å². The van der Waals surface area contributed by atoms with Crippen molar-refractivity contribution >= 4 is 40.8 Å². The first-order chi connectivity index (χ1) is 14.0. The second-order valence-electron chi connectivity index (χ2n) is 6.36. The first-order valence-corrected chi connectivity index (χ1v) is 9.85. The van der Waals surface area contributed by atoms with Crippen molar-refractivity contribution in [1.29, 1.82) is 0 Å². The van der Waals surface area contributed by atoms with Crippen LogP contribution >= 0.6 is 23.2 Å². The quantitative estimate of drug-likeness (QED) is 0.407. The number of anilines is 2. The molecular weight excluding hydrogens is 414 g/mol. The molecule has 0 aliphatic rings. The third-order valence-corrected chi connectivity index (χ3v) is 4.53. The van der Waals surface area contributed by atoms with Crippen LogP contribution < -0.4 is 5.32 Å². The third kappa shape index (κ3) is 5.68. The number of aromatic nitrogens is 3. The van der Waals surface area contributed by atoms with Gasteiger partial charge >= 0.3 is 0 Å². The molecule has 1 unspecified atom stereocenters. The molecule has 0 aliphatic heterocycles. The number of rotatable bonds is 7. The van der Waals surface area contributed by atoms with Crippen LogP contribution in [0.25, 0.3) is 11.4 Å². The van der Waals surface area contributed by atoms with Gasteiger partial charge in [-0.15, -0.1) is 5.11 Å². The Morgan fingerprint density at radius 2 is 1.83 bits per heavy atom. The van der Waals surface area contributed by atoms with Gasteiger partial charge in [-0.3, -0.25) is 0 Å². The summed E-state index contributed by atoms with van der Waals surface area (Å²) in [7, 11) is 0. The predicted octanol–water partition coefficient (Wildman–Crippen LogP) is 7.00. The number of benzene rings is 2. The number of azo groups is 1. The van der Waals surface area contributed by atoms with Crippen molar-refractivity contribution in [3.05, 3.63) is 58.3 Å². The minimum Gasteiger partial charge on any atom is -0.324 e. The van der Waals surface area contributed by atoms with E-state index in [0.717, 1.165) is 12.8 Å². The highest BCUT2D eigenvalue weighted by atomic mass is 35.5. The van der Waals surface area contributed by atoms with Gasteiger partial charge in [0.05, 0.1) is 16.6 Å². The van der Waals surface area contributed by atoms with Gasteiger partial charge in [-0.1, -0.05) is 42.6 Å². The summed E-state index contributed by atoms with van der Waals surface area (Å²) in [6, 6.07) is 11.4. The van der Waals surface area contributed by atoms with Gasteiger partial charge in [-0.2, -0.15) is 20.1 Å². The molecule has 0 fully saturated rings. The number of hydrogen-bond acceptors (Lipinski definition) is 6. The van der Waals surface area contributed by atoms with Gasteiger partial charge in [0.1, 0.15) is 5.82 Å². The molecule has 0 aliphatic carbocycles. The molecule has 0 saturated heterocycles. The standard InChI is InChI=1S/C20H19Cl2FN6/c1-3-5-12(2)28-29-20-26-18(17-15(22)6-4-7-16(17)23)25-19(27-20)24-14-10-8-13(21)9-11-14/h4,6-12H,3,5H2,1-2H3,(H,24,25,26,27). The molecule has 1 atom stereocenters. The van der Waals surface area contributed by atoms with Crippen LogP contribution in [0.5, 0.6) is 0 Å². The SMILES string of the molecule is CCCC(C)N=Nc1nc(Nc2ccc(Cl)cc2)nc(-c2c(F)cccc2Cl)n1. The van der Waals surface area contributed by atoms with Crippen molar-refractivity contribution < 1.29 is 4.39 Å². The highest BCUT2D eigenvalue weighted by Crippen LogP contribution is 2.30. The summed E-state index contributed by atoms with van der Waals surface area (Å²) >= 11 is 12.1. The van der Waals surface area contributed by atoms with Gasteiger partial charge in [0, 0.05) is 10.7 Å². The smallest absolute Gasteiger partial charge is 0.273 e. The van der Waals surface area contributed by atoms with Gasteiger partial charge in [0.25, 0.3) is 5.95 Å². The van der Waals surface area contributed by atoms with Gasteiger partial charge in [-0.25, -0.2) is 4.39 Å². The van der Waals surface area contributed by atoms with Crippen molar-refractivity contribution in [1.82, 2.24) is 15.0 Å². The van der Waals surface area contributed by atoms with E-state index in [1.807, 2.05) is 6.92 Å². The largest absolute Gasteiger partial charge is 0.324 e. The minimum atomic E-state index is -0.539. The van der Waals surface area contributed by atoms with Crippen LogP contribution in [-0.4, -0.2) is 21.0 Å². The van der Waals surface area contributed by atoms with Gasteiger partial charge in [0.15, 0.2) is 5.82 Å². The molecule has 0 bridgehead atoms. The Morgan fingerprint density at radius 1 is 1.07 bits per heavy atom. The van der Waals surface area contributed by atoms with E-state index in [1.54, 1.807) is 30.3 Å². The van der Waals surface area contributed by atoms with Crippen LogP contribution in [-0.2, 0) is 0 Å². The second kappa shape index (κ2) is 9.71. The van der Waals surface area contributed by atoms with Crippen molar-refractivity contribution in [2.75, 3.05) is 5.32 Å². The van der Waals surface area contributed by atoms with E-state index in [2.05, 4.69) is 37.4 Å². The second-order valence-corrected chi connectivity index (χ2v) is 7.21. The van der Waals surface area contributed by atoms with Crippen LogP contribution in [0, 0.1) is 5.82 Å². The number of nitrogens with zero attached hydrogens (tertiary/aromatic N) is 5. The lowest BCUT2D eigenvalue weighted by Gasteiger charge is -2.09. The molecule has 1 N–H and O–H groups in total. The fraction of sp³-hybridized carbons (Fsp3) is 0.250. The predicted molar refractivity (Wildman–Crippen MR) is 114 cm³/mol. The molecule has 0 saturated carbocycles. The normalized spacial score (nSPS) is 12.3. The molecule has 9 heteroatoms. The topological polar surface area (TPSA) is 75.4 Å². The van der Waals surface area contributed by atoms with Crippen LogP contribution in [0.4, 0.5) is 22.0 Å². The van der Waals surface area contributed by atoms with Gasteiger partial charge in [0.2, 0.25) is 5.95 Å². The number of hydrogen-bond donors (Lipinski definition) is 1. The summed E-state index contributed by atoms with van der Waals surface area (Å²) in [6.45, 7) is 4.02. The highest BCUT2D eigenvalue weighted by Gasteiger charge is 2.16. The minimum absolute atomic E-state index is 0.0185. The lowest BCUT2D eigenvalue weighted by atomic mass is 10.2. The molecule has 3 aromatic rings. The monoisotopic (exact) mass is 432 g/mol. The summed E-state index contributed by atoms with van der Waals surface area (Å²) < 4.78 is 14.4. The molecule has 6 nitrogen and oxygen atoms in total. The van der Waals surface area contributed by atoms with Crippen molar-refractivity contribution in [2.45, 2.75) is 32.7 Å². The maximum atomic E-state index is 14.4. The van der Waals surface area contributed by atoms with Crippen LogP contribution in [0.3, 0.4) is 0 Å². The molecule has 0 spiro atoms. The molecule has 150 valence electrons. The van der Waals surface area contributed by atoms with Crippen molar-refractivity contribution in [2.24, 2.45) is 10.2 Å². The van der Waals surface area contributed by atoms with E-state index in [4.69, 9.17) is 23.2 Å². The summed E-state index contributed by atoms with van der Waals surface area (Å²) in [5.74, 6) is -0.220. The molecular formula is C20H19Cl2FN6. The molecule has 0 amide bonds. The van der Waals surface area contributed by atoms with E-state index in [9.17, 15) is 4.39 Å². The lowest BCUT2D eigenvalue weighted by Crippen LogP contribution is -2.02. The molecule has 3 rings (SSSR count). The van der Waals surface area contributed by atoms with Crippen LogP contribution in [0.15, 0.2) is 52.7 Å². The molecule has 0 radical (unpaired) electrons. The Balaban J connectivity index is 2.03. The van der Waals surface area contributed by atoms with Crippen molar-refractivity contribution in [3.63, 3.8) is 0 Å². The highest BCUT2D eigenvalue weighted by molar-refractivity contribution is 6.33. The van der Waals surface area contributed by atoms with Crippen molar-refractivity contribution in [3.8, 4) is 11.4 Å². The lowest BCUT2D eigenvalue weighted by molar-refractivity contribution is 0.624. The third-order valence-electron chi connectivity index (χ3n) is 3.96. The van der Waals surface area contributed by atoms with E-state index in [0.29, 0.717) is 10.7 Å². The first kappa shape index (κ1) is 21.1. The van der Waals surface area contributed by atoms with E-state index in [-0.39, 0.29) is 34.3 Å². The molecule has 2 aromatic carbocycles.